The van der Waals surface area contributed by atoms with E-state index < -0.39 is 0 Å². The van der Waals surface area contributed by atoms with Crippen LogP contribution in [-0.2, 0) is 0 Å². The quantitative estimate of drug-likeness (QED) is 0.715. The van der Waals surface area contributed by atoms with Gasteiger partial charge in [-0.05, 0) is 19.9 Å². The molecular weight excluding hydrogens is 230 g/mol. The van der Waals surface area contributed by atoms with E-state index in [1.54, 1.807) is 0 Å². The molecule has 0 saturated heterocycles. The van der Waals surface area contributed by atoms with Gasteiger partial charge in [-0.25, -0.2) is 0 Å². The lowest BCUT2D eigenvalue weighted by atomic mass is 10.2. The minimum Gasteiger partial charge on any atom is -0.396 e. The monoisotopic (exact) mass is 251 g/mol. The van der Waals surface area contributed by atoms with Crippen LogP contribution in [0.5, 0.6) is 0 Å². The molecule has 1 aromatic rings. The molecule has 0 unspecified atom stereocenters. The maximum Gasteiger partial charge on any atom is 0.271 e. The lowest BCUT2D eigenvalue weighted by Gasteiger charge is -2.23. The SMILES string of the molecule is CN(CCNC(=O)c1[nH]ncc1N)C1CCCC1. The van der Waals surface area contributed by atoms with Gasteiger partial charge >= 0.3 is 0 Å². The molecule has 100 valence electrons. The van der Waals surface area contributed by atoms with E-state index in [0.717, 1.165) is 6.54 Å². The second kappa shape index (κ2) is 5.86. The van der Waals surface area contributed by atoms with Crippen molar-refractivity contribution in [2.24, 2.45) is 0 Å². The van der Waals surface area contributed by atoms with E-state index in [1.165, 1.54) is 31.9 Å². The van der Waals surface area contributed by atoms with Gasteiger partial charge in [0.15, 0.2) is 0 Å². The molecule has 1 saturated carbocycles. The van der Waals surface area contributed by atoms with Gasteiger partial charge in [0, 0.05) is 19.1 Å². The molecule has 0 aliphatic heterocycles. The summed E-state index contributed by atoms with van der Waals surface area (Å²) in [6.07, 6.45) is 6.65. The Bertz CT molecular complexity index is 397. The smallest absolute Gasteiger partial charge is 0.271 e. The summed E-state index contributed by atoms with van der Waals surface area (Å²) in [5.74, 6) is -0.190. The van der Waals surface area contributed by atoms with Crippen molar-refractivity contribution in [3.05, 3.63) is 11.9 Å². The fourth-order valence-corrected chi connectivity index (χ4v) is 2.44. The molecule has 0 radical (unpaired) electrons. The number of amides is 1. The normalized spacial score (nSPS) is 16.3. The number of hydrogen-bond acceptors (Lipinski definition) is 4. The molecule has 6 nitrogen and oxygen atoms in total. The van der Waals surface area contributed by atoms with Crippen LogP contribution in [0.4, 0.5) is 5.69 Å². The van der Waals surface area contributed by atoms with Crippen molar-refractivity contribution in [2.75, 3.05) is 25.9 Å². The molecule has 1 aromatic heterocycles. The molecule has 1 heterocycles. The van der Waals surface area contributed by atoms with Crippen LogP contribution in [0.25, 0.3) is 0 Å². The summed E-state index contributed by atoms with van der Waals surface area (Å²) in [7, 11) is 2.12. The second-order valence-corrected chi connectivity index (χ2v) is 4.88. The first-order chi connectivity index (χ1) is 8.68. The maximum absolute atomic E-state index is 11.7. The molecular formula is C12H21N5O. The van der Waals surface area contributed by atoms with Gasteiger partial charge in [-0.15, -0.1) is 0 Å². The van der Waals surface area contributed by atoms with E-state index in [9.17, 15) is 4.79 Å². The molecule has 0 spiro atoms. The Morgan fingerprint density at radius 2 is 2.33 bits per heavy atom. The van der Waals surface area contributed by atoms with Crippen molar-refractivity contribution in [3.8, 4) is 0 Å². The number of rotatable bonds is 5. The molecule has 0 atom stereocenters. The number of hydrogen-bond donors (Lipinski definition) is 3. The average Bonchev–Trinajstić information content (AvgIpc) is 2.99. The first-order valence-corrected chi connectivity index (χ1v) is 6.45. The Balaban J connectivity index is 1.72. The van der Waals surface area contributed by atoms with E-state index in [4.69, 9.17) is 5.73 Å². The summed E-state index contributed by atoms with van der Waals surface area (Å²) in [6, 6.07) is 0.680. The number of aromatic amines is 1. The van der Waals surface area contributed by atoms with E-state index in [0.29, 0.717) is 24.0 Å². The summed E-state index contributed by atoms with van der Waals surface area (Å²) in [5.41, 5.74) is 6.34. The Labute approximate surface area is 107 Å². The number of carbonyl (C=O) groups is 1. The van der Waals surface area contributed by atoms with Gasteiger partial charge in [0.05, 0.1) is 11.9 Å². The van der Waals surface area contributed by atoms with Gasteiger partial charge in [0.1, 0.15) is 5.69 Å². The largest absolute Gasteiger partial charge is 0.396 e. The third-order valence-corrected chi connectivity index (χ3v) is 3.59. The fraction of sp³-hybridized carbons (Fsp3) is 0.667. The predicted molar refractivity (Wildman–Crippen MR) is 70.2 cm³/mol. The highest BCUT2D eigenvalue weighted by molar-refractivity contribution is 5.96. The van der Waals surface area contributed by atoms with Crippen molar-refractivity contribution in [3.63, 3.8) is 0 Å². The van der Waals surface area contributed by atoms with Crippen molar-refractivity contribution in [1.29, 1.82) is 0 Å². The Morgan fingerprint density at radius 1 is 1.61 bits per heavy atom. The molecule has 1 amide bonds. The lowest BCUT2D eigenvalue weighted by Crippen LogP contribution is -2.37. The topological polar surface area (TPSA) is 87.0 Å². The minimum absolute atomic E-state index is 0.190. The number of aromatic nitrogens is 2. The van der Waals surface area contributed by atoms with Crippen molar-refractivity contribution < 1.29 is 4.79 Å². The van der Waals surface area contributed by atoms with Crippen LogP contribution in [0.1, 0.15) is 36.2 Å². The van der Waals surface area contributed by atoms with Crippen LogP contribution in [0.2, 0.25) is 0 Å². The highest BCUT2D eigenvalue weighted by Gasteiger charge is 2.19. The van der Waals surface area contributed by atoms with Crippen LogP contribution in [-0.4, -0.2) is 47.2 Å². The highest BCUT2D eigenvalue weighted by atomic mass is 16.1. The molecule has 1 aliphatic rings. The number of nitrogen functional groups attached to an aromatic ring is 1. The predicted octanol–water partition coefficient (Wildman–Crippen LogP) is 0.596. The van der Waals surface area contributed by atoms with E-state index in [-0.39, 0.29) is 5.91 Å². The third kappa shape index (κ3) is 3.01. The van der Waals surface area contributed by atoms with Gasteiger partial charge in [0.2, 0.25) is 0 Å². The second-order valence-electron chi connectivity index (χ2n) is 4.88. The number of H-pyrrole nitrogens is 1. The van der Waals surface area contributed by atoms with Crippen molar-refractivity contribution in [1.82, 2.24) is 20.4 Å². The van der Waals surface area contributed by atoms with Gasteiger partial charge in [-0.1, -0.05) is 12.8 Å². The number of anilines is 1. The molecule has 1 aliphatic carbocycles. The number of nitrogens with one attached hydrogen (secondary N) is 2. The molecule has 0 aromatic carbocycles. The van der Waals surface area contributed by atoms with E-state index in [1.807, 2.05) is 0 Å². The lowest BCUT2D eigenvalue weighted by molar-refractivity contribution is 0.0943. The molecule has 18 heavy (non-hydrogen) atoms. The standard InChI is InChI=1S/C12H21N5O/c1-17(9-4-2-3-5-9)7-6-14-12(18)11-10(13)8-15-16-11/h8-9H,2-7,13H2,1H3,(H,14,18)(H,15,16). The average molecular weight is 251 g/mol. The van der Waals surface area contributed by atoms with Crippen molar-refractivity contribution in [2.45, 2.75) is 31.7 Å². The summed E-state index contributed by atoms with van der Waals surface area (Å²) >= 11 is 0. The molecule has 0 bridgehead atoms. The van der Waals surface area contributed by atoms with Crippen LogP contribution in [0, 0.1) is 0 Å². The van der Waals surface area contributed by atoms with Gasteiger partial charge in [-0.3, -0.25) is 9.89 Å². The molecule has 1 fully saturated rings. The summed E-state index contributed by atoms with van der Waals surface area (Å²) in [4.78, 5) is 14.1. The first-order valence-electron chi connectivity index (χ1n) is 6.45. The third-order valence-electron chi connectivity index (χ3n) is 3.59. The van der Waals surface area contributed by atoms with Crippen LogP contribution in [0.15, 0.2) is 6.20 Å². The van der Waals surface area contributed by atoms with Gasteiger partial charge < -0.3 is 16.0 Å². The molecule has 6 heteroatoms. The Hall–Kier alpha value is -1.56. The number of carbonyl (C=O) groups excluding carboxylic acids is 1. The van der Waals surface area contributed by atoms with Crippen LogP contribution in [0.3, 0.4) is 0 Å². The Morgan fingerprint density at radius 3 is 2.94 bits per heavy atom. The summed E-state index contributed by atoms with van der Waals surface area (Å²) < 4.78 is 0. The van der Waals surface area contributed by atoms with Crippen LogP contribution < -0.4 is 11.1 Å². The van der Waals surface area contributed by atoms with Gasteiger partial charge in [0.25, 0.3) is 5.91 Å². The fourth-order valence-electron chi connectivity index (χ4n) is 2.44. The Kier molecular flexibility index (Phi) is 4.19. The zero-order chi connectivity index (χ0) is 13.0. The van der Waals surface area contributed by atoms with Gasteiger partial charge in [-0.2, -0.15) is 5.10 Å². The zero-order valence-electron chi connectivity index (χ0n) is 10.8. The maximum atomic E-state index is 11.7. The summed E-state index contributed by atoms with van der Waals surface area (Å²) in [6.45, 7) is 1.49. The van der Waals surface area contributed by atoms with E-state index >= 15 is 0 Å². The van der Waals surface area contributed by atoms with Crippen LogP contribution >= 0.6 is 0 Å². The number of nitrogens with zero attached hydrogens (tertiary/aromatic N) is 2. The first kappa shape index (κ1) is 12.9. The summed E-state index contributed by atoms with van der Waals surface area (Å²) in [5, 5.41) is 9.17. The number of nitrogens with two attached hydrogens (primary N) is 1. The van der Waals surface area contributed by atoms with E-state index in [2.05, 4.69) is 27.5 Å². The zero-order valence-corrected chi connectivity index (χ0v) is 10.8. The highest BCUT2D eigenvalue weighted by Crippen LogP contribution is 2.21. The molecule has 2 rings (SSSR count). The molecule has 4 N–H and O–H groups in total. The minimum atomic E-state index is -0.190. The van der Waals surface area contributed by atoms with Crippen molar-refractivity contribution >= 4 is 11.6 Å². The number of likely N-dealkylation sites (N-methyl/N-ethyl adjacent to an activating group) is 1.